The molecule has 72 valence electrons. The molecule has 2 nitrogen and oxygen atoms in total. The average Bonchev–Trinajstić information content (AvgIpc) is 2.17. The molecule has 0 heterocycles. The smallest absolute Gasteiger partial charge is 0.0729 e. The summed E-state index contributed by atoms with van der Waals surface area (Å²) in [5.74, 6) is 0. The lowest BCUT2D eigenvalue weighted by Crippen LogP contribution is -1.90. The molecule has 0 unspecified atom stereocenters. The summed E-state index contributed by atoms with van der Waals surface area (Å²) in [6, 6.07) is 7.22. The zero-order valence-electron chi connectivity index (χ0n) is 7.22. The Morgan fingerprint density at radius 3 is 1.64 bits per heavy atom. The minimum absolute atomic E-state index is 0.458. The fourth-order valence-corrected chi connectivity index (χ4v) is 1.95. The molecular weight excluding hydrogens is 219 g/mol. The SMILES string of the molecule is Nc1ccc2ccc(N)c(Cl)c2c1Cl. The number of nitrogens with two attached hydrogens (primary N) is 2. The number of halogens is 2. The summed E-state index contributed by atoms with van der Waals surface area (Å²) in [6.07, 6.45) is 0. The Morgan fingerprint density at radius 2 is 1.21 bits per heavy atom. The van der Waals surface area contributed by atoms with Gasteiger partial charge in [0, 0.05) is 5.39 Å². The van der Waals surface area contributed by atoms with Crippen LogP contribution in [-0.4, -0.2) is 0 Å². The standard InChI is InChI=1S/C10H8Cl2N2/c11-9-6(13)3-1-5-2-4-7(14)10(12)8(5)9/h1-4H,13-14H2. The van der Waals surface area contributed by atoms with Crippen molar-refractivity contribution in [3.05, 3.63) is 34.3 Å². The Bertz CT molecular complexity index is 466. The van der Waals surface area contributed by atoms with Crippen LogP contribution in [-0.2, 0) is 0 Å². The van der Waals surface area contributed by atoms with Gasteiger partial charge in [-0.2, -0.15) is 0 Å². The minimum Gasteiger partial charge on any atom is -0.398 e. The second kappa shape index (κ2) is 3.23. The van der Waals surface area contributed by atoms with E-state index in [4.69, 9.17) is 34.7 Å². The maximum absolute atomic E-state index is 6.04. The van der Waals surface area contributed by atoms with E-state index in [9.17, 15) is 0 Å². The Hall–Kier alpha value is -1.12. The van der Waals surface area contributed by atoms with Crippen molar-refractivity contribution in [2.45, 2.75) is 0 Å². The van der Waals surface area contributed by atoms with Crippen LogP contribution in [0, 0.1) is 0 Å². The van der Waals surface area contributed by atoms with Gasteiger partial charge in [-0.15, -0.1) is 0 Å². The van der Waals surface area contributed by atoms with Crippen LogP contribution in [0.5, 0.6) is 0 Å². The highest BCUT2D eigenvalue weighted by atomic mass is 35.5. The predicted octanol–water partition coefficient (Wildman–Crippen LogP) is 3.31. The molecule has 0 amide bonds. The van der Waals surface area contributed by atoms with Crippen LogP contribution in [0.25, 0.3) is 10.8 Å². The zero-order valence-corrected chi connectivity index (χ0v) is 8.73. The van der Waals surface area contributed by atoms with Crippen LogP contribution in [0.15, 0.2) is 24.3 Å². The van der Waals surface area contributed by atoms with Gasteiger partial charge in [0.1, 0.15) is 0 Å². The van der Waals surface area contributed by atoms with Gasteiger partial charge in [0.2, 0.25) is 0 Å². The first-order chi connectivity index (χ1) is 6.61. The van der Waals surface area contributed by atoms with Crippen molar-refractivity contribution >= 4 is 45.3 Å². The number of rotatable bonds is 0. The van der Waals surface area contributed by atoms with Gasteiger partial charge in [0.25, 0.3) is 0 Å². The van der Waals surface area contributed by atoms with E-state index in [1.54, 1.807) is 12.1 Å². The molecule has 0 saturated heterocycles. The van der Waals surface area contributed by atoms with E-state index in [1.165, 1.54) is 0 Å². The minimum atomic E-state index is 0.458. The van der Waals surface area contributed by atoms with Crippen molar-refractivity contribution in [2.75, 3.05) is 11.5 Å². The van der Waals surface area contributed by atoms with Gasteiger partial charge >= 0.3 is 0 Å². The molecule has 2 aromatic rings. The summed E-state index contributed by atoms with van der Waals surface area (Å²) >= 11 is 12.1. The molecule has 14 heavy (non-hydrogen) atoms. The lowest BCUT2D eigenvalue weighted by Gasteiger charge is -2.07. The van der Waals surface area contributed by atoms with Crippen molar-refractivity contribution in [3.8, 4) is 0 Å². The molecule has 0 bridgehead atoms. The third kappa shape index (κ3) is 1.27. The third-order valence-electron chi connectivity index (χ3n) is 2.12. The Balaban J connectivity index is 2.98. The van der Waals surface area contributed by atoms with E-state index in [-0.39, 0.29) is 0 Å². The van der Waals surface area contributed by atoms with Crippen LogP contribution in [0.4, 0.5) is 11.4 Å². The molecule has 4 heteroatoms. The second-order valence-electron chi connectivity index (χ2n) is 3.04. The monoisotopic (exact) mass is 226 g/mol. The summed E-state index contributed by atoms with van der Waals surface area (Å²) in [5, 5.41) is 2.57. The Morgan fingerprint density at radius 1 is 0.786 bits per heavy atom. The van der Waals surface area contributed by atoms with E-state index in [0.29, 0.717) is 26.8 Å². The molecule has 0 aromatic heterocycles. The fraction of sp³-hybridized carbons (Fsp3) is 0. The summed E-state index contributed by atoms with van der Waals surface area (Å²) in [4.78, 5) is 0. The molecule has 0 aliphatic rings. The molecule has 0 fully saturated rings. The van der Waals surface area contributed by atoms with Crippen LogP contribution in [0.2, 0.25) is 10.0 Å². The Labute approximate surface area is 91.4 Å². The van der Waals surface area contributed by atoms with Gasteiger partial charge < -0.3 is 11.5 Å². The normalized spacial score (nSPS) is 10.7. The molecule has 0 atom stereocenters. The van der Waals surface area contributed by atoms with E-state index in [0.717, 1.165) is 5.39 Å². The number of hydrogen-bond acceptors (Lipinski definition) is 2. The molecule has 0 aliphatic carbocycles. The zero-order chi connectivity index (χ0) is 10.3. The lowest BCUT2D eigenvalue weighted by molar-refractivity contribution is 1.70. The molecular formula is C10H8Cl2N2. The molecule has 0 aliphatic heterocycles. The highest BCUT2D eigenvalue weighted by molar-refractivity contribution is 6.45. The number of hydrogen-bond donors (Lipinski definition) is 2. The summed E-state index contributed by atoms with van der Waals surface area (Å²) in [6.45, 7) is 0. The maximum Gasteiger partial charge on any atom is 0.0729 e. The van der Waals surface area contributed by atoms with Crippen LogP contribution in [0.3, 0.4) is 0 Å². The van der Waals surface area contributed by atoms with Crippen LogP contribution in [0.1, 0.15) is 0 Å². The van der Waals surface area contributed by atoms with Gasteiger partial charge in [-0.05, 0) is 17.5 Å². The van der Waals surface area contributed by atoms with E-state index in [1.807, 2.05) is 12.1 Å². The molecule has 0 saturated carbocycles. The summed E-state index contributed by atoms with van der Waals surface area (Å²) in [5.41, 5.74) is 12.4. The van der Waals surface area contributed by atoms with Gasteiger partial charge in [-0.25, -0.2) is 0 Å². The van der Waals surface area contributed by atoms with Gasteiger partial charge in [-0.1, -0.05) is 35.3 Å². The maximum atomic E-state index is 6.04. The number of fused-ring (bicyclic) bond motifs is 1. The highest BCUT2D eigenvalue weighted by Crippen LogP contribution is 2.37. The largest absolute Gasteiger partial charge is 0.398 e. The van der Waals surface area contributed by atoms with E-state index in [2.05, 4.69) is 0 Å². The highest BCUT2D eigenvalue weighted by Gasteiger charge is 2.08. The molecule has 2 rings (SSSR count). The first-order valence-corrected chi connectivity index (χ1v) is 4.78. The molecule has 2 aromatic carbocycles. The van der Waals surface area contributed by atoms with Gasteiger partial charge in [-0.3, -0.25) is 0 Å². The summed E-state index contributed by atoms with van der Waals surface area (Å²) in [7, 11) is 0. The molecule has 0 radical (unpaired) electrons. The van der Waals surface area contributed by atoms with Crippen molar-refractivity contribution in [2.24, 2.45) is 0 Å². The quantitative estimate of drug-likeness (QED) is 0.678. The molecule has 0 spiro atoms. The van der Waals surface area contributed by atoms with Crippen molar-refractivity contribution in [3.63, 3.8) is 0 Å². The van der Waals surface area contributed by atoms with Crippen molar-refractivity contribution in [1.29, 1.82) is 0 Å². The first-order valence-electron chi connectivity index (χ1n) is 4.03. The van der Waals surface area contributed by atoms with Crippen LogP contribution < -0.4 is 11.5 Å². The van der Waals surface area contributed by atoms with Gasteiger partial charge in [0.05, 0.1) is 21.4 Å². The number of benzene rings is 2. The summed E-state index contributed by atoms with van der Waals surface area (Å²) < 4.78 is 0. The third-order valence-corrected chi connectivity index (χ3v) is 2.93. The molecule has 4 N–H and O–H groups in total. The van der Waals surface area contributed by atoms with Gasteiger partial charge in [0.15, 0.2) is 0 Å². The second-order valence-corrected chi connectivity index (χ2v) is 3.79. The Kier molecular flexibility index (Phi) is 2.17. The lowest BCUT2D eigenvalue weighted by atomic mass is 10.1. The van der Waals surface area contributed by atoms with Crippen molar-refractivity contribution in [1.82, 2.24) is 0 Å². The fourth-order valence-electron chi connectivity index (χ4n) is 1.37. The van der Waals surface area contributed by atoms with Crippen LogP contribution >= 0.6 is 23.2 Å². The first kappa shape index (κ1) is 9.44. The number of nitrogen functional groups attached to an aromatic ring is 2. The predicted molar refractivity (Wildman–Crippen MR) is 62.8 cm³/mol. The number of anilines is 2. The van der Waals surface area contributed by atoms with E-state index < -0.39 is 0 Å². The van der Waals surface area contributed by atoms with Crippen molar-refractivity contribution < 1.29 is 0 Å². The topological polar surface area (TPSA) is 52.0 Å². The van der Waals surface area contributed by atoms with E-state index >= 15 is 0 Å². The average molecular weight is 227 g/mol.